The molecule has 2 rings (SSSR count). The van der Waals surface area contributed by atoms with Crippen molar-refractivity contribution in [3.8, 4) is 23.3 Å². The van der Waals surface area contributed by atoms with Crippen LogP contribution in [0.15, 0.2) is 40.9 Å². The number of aliphatic hydroxyl groups is 1. The Balaban J connectivity index is 2.32. The van der Waals surface area contributed by atoms with Crippen LogP contribution in [0.4, 0.5) is 0 Å². The molecule has 0 spiro atoms. The van der Waals surface area contributed by atoms with Gasteiger partial charge in [-0.25, -0.2) is 0 Å². The molecule has 4 nitrogen and oxygen atoms in total. The molecule has 0 saturated carbocycles. The van der Waals surface area contributed by atoms with Crippen LogP contribution in [-0.4, -0.2) is 12.2 Å². The monoisotopic (exact) mass is 333 g/mol. The number of aliphatic hydroxyl groups excluding tert-OH is 1. The van der Waals surface area contributed by atoms with E-state index < -0.39 is 0 Å². The van der Waals surface area contributed by atoms with Gasteiger partial charge in [-0.05, 0) is 45.8 Å². The van der Waals surface area contributed by atoms with E-state index in [1.807, 2.05) is 0 Å². The molecule has 2 aromatic carbocycles. The molecule has 0 aliphatic rings. The van der Waals surface area contributed by atoms with E-state index in [-0.39, 0.29) is 6.61 Å². The average molecular weight is 334 g/mol. The molecule has 5 heteroatoms. The van der Waals surface area contributed by atoms with Gasteiger partial charge < -0.3 is 14.6 Å². The summed E-state index contributed by atoms with van der Waals surface area (Å²) in [7, 11) is 1.53. The van der Waals surface area contributed by atoms with Crippen molar-refractivity contribution in [1.82, 2.24) is 0 Å². The molecule has 0 radical (unpaired) electrons. The van der Waals surface area contributed by atoms with E-state index in [4.69, 9.17) is 19.8 Å². The highest BCUT2D eigenvalue weighted by Gasteiger charge is 2.07. The molecule has 0 saturated heterocycles. The van der Waals surface area contributed by atoms with E-state index in [0.29, 0.717) is 22.8 Å². The number of nitrogens with zero attached hydrogens (tertiary/aromatic N) is 1. The van der Waals surface area contributed by atoms with Crippen LogP contribution in [0.3, 0.4) is 0 Å². The van der Waals surface area contributed by atoms with Crippen LogP contribution in [-0.2, 0) is 6.61 Å². The summed E-state index contributed by atoms with van der Waals surface area (Å²) in [5, 5.41) is 18.0. The predicted molar refractivity (Wildman–Crippen MR) is 77.8 cm³/mol. The molecule has 2 aromatic rings. The van der Waals surface area contributed by atoms with E-state index in [1.165, 1.54) is 7.11 Å². The van der Waals surface area contributed by atoms with Crippen LogP contribution in [0.5, 0.6) is 17.2 Å². The van der Waals surface area contributed by atoms with Gasteiger partial charge in [0.1, 0.15) is 17.2 Å². The van der Waals surface area contributed by atoms with Crippen LogP contribution in [0.1, 0.15) is 11.1 Å². The number of halogens is 1. The molecule has 0 bridgehead atoms. The fourth-order valence-electron chi connectivity index (χ4n) is 1.67. The van der Waals surface area contributed by atoms with Crippen molar-refractivity contribution < 1.29 is 14.6 Å². The largest absolute Gasteiger partial charge is 0.497 e. The average Bonchev–Trinajstić information content (AvgIpc) is 2.48. The Labute approximate surface area is 125 Å². The highest BCUT2D eigenvalue weighted by molar-refractivity contribution is 9.10. The van der Waals surface area contributed by atoms with Crippen LogP contribution in [0.25, 0.3) is 0 Å². The molecular weight excluding hydrogens is 322 g/mol. The summed E-state index contributed by atoms with van der Waals surface area (Å²) in [5.41, 5.74) is 1.25. The molecule has 0 aromatic heterocycles. The molecule has 0 aliphatic heterocycles. The molecule has 0 amide bonds. The lowest BCUT2D eigenvalue weighted by molar-refractivity contribution is 0.281. The van der Waals surface area contributed by atoms with Crippen molar-refractivity contribution in [3.05, 3.63) is 52.0 Å². The summed E-state index contributed by atoms with van der Waals surface area (Å²) >= 11 is 3.38. The third kappa shape index (κ3) is 3.29. The van der Waals surface area contributed by atoms with Crippen molar-refractivity contribution in [3.63, 3.8) is 0 Å². The molecule has 0 unspecified atom stereocenters. The number of methoxy groups -OCH3 is 1. The first-order valence-electron chi connectivity index (χ1n) is 5.82. The van der Waals surface area contributed by atoms with Gasteiger partial charge in [-0.1, -0.05) is 6.07 Å². The third-order valence-corrected chi connectivity index (χ3v) is 3.27. The van der Waals surface area contributed by atoms with E-state index in [1.54, 1.807) is 36.4 Å². The zero-order valence-corrected chi connectivity index (χ0v) is 12.3. The van der Waals surface area contributed by atoms with Gasteiger partial charge in [0.05, 0.1) is 29.8 Å². The Kier molecular flexibility index (Phi) is 4.61. The van der Waals surface area contributed by atoms with Crippen LogP contribution in [0.2, 0.25) is 0 Å². The zero-order valence-electron chi connectivity index (χ0n) is 10.8. The SMILES string of the molecule is COc1cc(C#N)cc(Oc2ccc(CO)cc2Br)c1. The van der Waals surface area contributed by atoms with E-state index in [9.17, 15) is 0 Å². The predicted octanol–water partition coefficient (Wildman–Crippen LogP) is 3.61. The van der Waals surface area contributed by atoms with Gasteiger partial charge in [0.25, 0.3) is 0 Å². The normalized spacial score (nSPS) is 9.90. The zero-order chi connectivity index (χ0) is 14.5. The molecule has 0 heterocycles. The number of hydrogen-bond donors (Lipinski definition) is 1. The molecule has 0 aliphatic carbocycles. The van der Waals surface area contributed by atoms with Crippen molar-refractivity contribution in [2.24, 2.45) is 0 Å². The lowest BCUT2D eigenvalue weighted by Gasteiger charge is -2.10. The van der Waals surface area contributed by atoms with Crippen molar-refractivity contribution in [1.29, 1.82) is 5.26 Å². The lowest BCUT2D eigenvalue weighted by Crippen LogP contribution is -1.91. The Morgan fingerprint density at radius 2 is 1.95 bits per heavy atom. The van der Waals surface area contributed by atoms with Gasteiger partial charge in [-0.3, -0.25) is 0 Å². The number of rotatable bonds is 4. The van der Waals surface area contributed by atoms with E-state index in [0.717, 1.165) is 10.0 Å². The van der Waals surface area contributed by atoms with Crippen molar-refractivity contribution >= 4 is 15.9 Å². The Hall–Kier alpha value is -2.03. The molecule has 0 fully saturated rings. The Bertz CT molecular complexity index is 665. The Morgan fingerprint density at radius 3 is 2.55 bits per heavy atom. The van der Waals surface area contributed by atoms with Crippen molar-refractivity contribution in [2.75, 3.05) is 7.11 Å². The Morgan fingerprint density at radius 1 is 1.20 bits per heavy atom. The minimum absolute atomic E-state index is 0.0311. The second-order valence-electron chi connectivity index (χ2n) is 4.03. The smallest absolute Gasteiger partial charge is 0.141 e. The molecule has 0 atom stereocenters. The maximum Gasteiger partial charge on any atom is 0.141 e. The van der Waals surface area contributed by atoms with E-state index in [2.05, 4.69) is 22.0 Å². The first kappa shape index (κ1) is 14.4. The summed E-state index contributed by atoms with van der Waals surface area (Å²) in [4.78, 5) is 0. The molecular formula is C15H12BrNO3. The summed E-state index contributed by atoms with van der Waals surface area (Å²) in [6, 6.07) is 12.3. The van der Waals surface area contributed by atoms with Gasteiger partial charge in [0.15, 0.2) is 0 Å². The summed E-state index contributed by atoms with van der Waals surface area (Å²) in [6.45, 7) is -0.0311. The first-order valence-corrected chi connectivity index (χ1v) is 6.62. The number of benzene rings is 2. The maximum atomic E-state index is 9.07. The van der Waals surface area contributed by atoms with Crippen molar-refractivity contribution in [2.45, 2.75) is 6.61 Å². The summed E-state index contributed by atoms with van der Waals surface area (Å²) in [5.74, 6) is 1.67. The highest BCUT2D eigenvalue weighted by atomic mass is 79.9. The van der Waals surface area contributed by atoms with Gasteiger partial charge in [0.2, 0.25) is 0 Å². The maximum absolute atomic E-state index is 9.07. The van der Waals surface area contributed by atoms with Gasteiger partial charge >= 0.3 is 0 Å². The summed E-state index contributed by atoms with van der Waals surface area (Å²) < 4.78 is 11.6. The van der Waals surface area contributed by atoms with Crippen LogP contribution in [0, 0.1) is 11.3 Å². The fraction of sp³-hybridized carbons (Fsp3) is 0.133. The fourth-order valence-corrected chi connectivity index (χ4v) is 2.17. The topological polar surface area (TPSA) is 62.5 Å². The van der Waals surface area contributed by atoms with Crippen LogP contribution < -0.4 is 9.47 Å². The lowest BCUT2D eigenvalue weighted by atomic mass is 10.2. The summed E-state index contributed by atoms with van der Waals surface area (Å²) in [6.07, 6.45) is 0. The minimum Gasteiger partial charge on any atom is -0.497 e. The van der Waals surface area contributed by atoms with Gasteiger partial charge in [-0.2, -0.15) is 5.26 Å². The minimum atomic E-state index is -0.0311. The van der Waals surface area contributed by atoms with Gasteiger partial charge in [-0.15, -0.1) is 0 Å². The third-order valence-electron chi connectivity index (χ3n) is 2.65. The standard InChI is InChI=1S/C15H12BrNO3/c1-19-12-4-11(8-17)5-13(7-12)20-15-3-2-10(9-18)6-14(15)16/h2-7,18H,9H2,1H3. The number of hydrogen-bond acceptors (Lipinski definition) is 4. The number of ether oxygens (including phenoxy) is 2. The highest BCUT2D eigenvalue weighted by Crippen LogP contribution is 2.32. The molecule has 102 valence electrons. The molecule has 20 heavy (non-hydrogen) atoms. The second-order valence-corrected chi connectivity index (χ2v) is 4.89. The number of nitriles is 1. The molecule has 1 N–H and O–H groups in total. The second kappa shape index (κ2) is 6.42. The quantitative estimate of drug-likeness (QED) is 0.928. The van der Waals surface area contributed by atoms with E-state index >= 15 is 0 Å². The van der Waals surface area contributed by atoms with Gasteiger partial charge in [0, 0.05) is 6.07 Å². The van der Waals surface area contributed by atoms with Crippen LogP contribution >= 0.6 is 15.9 Å². The first-order chi connectivity index (χ1) is 9.66.